The number of hydrogen-bond donors (Lipinski definition) is 0. The van der Waals surface area contributed by atoms with Gasteiger partial charge in [-0.3, -0.25) is 9.59 Å². The molecule has 36 heavy (non-hydrogen) atoms. The van der Waals surface area contributed by atoms with E-state index in [0.717, 1.165) is 18.4 Å². The fraction of sp³-hybridized carbons (Fsp3) is 0.333. The molecule has 1 atom stereocenters. The minimum absolute atomic E-state index is 0.0183. The fourth-order valence-corrected chi connectivity index (χ4v) is 4.68. The highest BCUT2D eigenvalue weighted by Gasteiger charge is 2.29. The van der Waals surface area contributed by atoms with Gasteiger partial charge in [-0.1, -0.05) is 54.6 Å². The minimum Gasteiger partial charge on any atom is -0.496 e. The topological polar surface area (TPSA) is 59.1 Å². The van der Waals surface area contributed by atoms with Gasteiger partial charge in [0.25, 0.3) is 11.8 Å². The number of fused-ring (bicyclic) bond motifs is 1. The van der Waals surface area contributed by atoms with Gasteiger partial charge in [-0.2, -0.15) is 0 Å². The van der Waals surface area contributed by atoms with Crippen LogP contribution in [0.2, 0.25) is 0 Å². The number of methoxy groups -OCH3 is 1. The zero-order chi connectivity index (χ0) is 25.3. The average Bonchev–Trinajstić information content (AvgIpc) is 2.93. The molecule has 0 N–H and O–H groups in total. The molecular weight excluding hydrogens is 452 g/mol. The summed E-state index contributed by atoms with van der Waals surface area (Å²) in [6, 6.07) is 24.6. The lowest BCUT2D eigenvalue weighted by Gasteiger charge is -2.34. The summed E-state index contributed by atoms with van der Waals surface area (Å²) in [6.45, 7) is 4.06. The van der Waals surface area contributed by atoms with Gasteiger partial charge in [0.2, 0.25) is 0 Å². The van der Waals surface area contributed by atoms with E-state index in [1.807, 2.05) is 83.5 Å². The van der Waals surface area contributed by atoms with Crippen molar-refractivity contribution in [1.82, 2.24) is 9.80 Å². The first kappa shape index (κ1) is 25.3. The quantitative estimate of drug-likeness (QED) is 0.505. The van der Waals surface area contributed by atoms with Crippen LogP contribution in [0.3, 0.4) is 0 Å². The van der Waals surface area contributed by atoms with Crippen molar-refractivity contribution in [3.05, 3.63) is 95.6 Å². The largest absolute Gasteiger partial charge is 0.496 e. The Morgan fingerprint density at radius 1 is 0.944 bits per heavy atom. The Hall–Kier alpha value is -3.80. The number of nitrogens with zero attached hydrogens (tertiary/aromatic N) is 2. The van der Waals surface area contributed by atoms with Gasteiger partial charge in [0, 0.05) is 19.6 Å². The van der Waals surface area contributed by atoms with Crippen LogP contribution in [0.4, 0.5) is 0 Å². The van der Waals surface area contributed by atoms with E-state index in [-0.39, 0.29) is 24.5 Å². The molecule has 0 saturated carbocycles. The smallest absolute Gasteiger partial charge is 0.257 e. The van der Waals surface area contributed by atoms with Gasteiger partial charge in [-0.05, 0) is 56.0 Å². The Kier molecular flexibility index (Phi) is 8.61. The second-order valence-corrected chi connectivity index (χ2v) is 8.94. The Labute approximate surface area is 213 Å². The molecule has 2 amide bonds. The van der Waals surface area contributed by atoms with Crippen molar-refractivity contribution in [2.45, 2.75) is 32.2 Å². The fourth-order valence-electron chi connectivity index (χ4n) is 4.68. The number of carbonyl (C=O) groups excluding carboxylic acids is 2. The van der Waals surface area contributed by atoms with E-state index in [4.69, 9.17) is 9.47 Å². The highest BCUT2D eigenvalue weighted by molar-refractivity contribution is 5.97. The molecule has 0 saturated heterocycles. The zero-order valence-electron chi connectivity index (χ0n) is 21.1. The highest BCUT2D eigenvalue weighted by Crippen LogP contribution is 2.25. The van der Waals surface area contributed by atoms with Crippen LogP contribution in [0, 0.1) is 0 Å². The van der Waals surface area contributed by atoms with E-state index in [0.29, 0.717) is 48.7 Å². The minimum atomic E-state index is -0.227. The van der Waals surface area contributed by atoms with Crippen molar-refractivity contribution in [3.8, 4) is 11.5 Å². The average molecular weight is 487 g/mol. The SMILES string of the molecule is CCN1CCCCN(C(=O)c2ccccc2OC)[C@H](Cc2ccccc2)COc2ccccc2C1=O. The first-order chi connectivity index (χ1) is 17.6. The van der Waals surface area contributed by atoms with Crippen molar-refractivity contribution in [1.29, 1.82) is 0 Å². The monoisotopic (exact) mass is 486 g/mol. The molecule has 1 aliphatic rings. The first-order valence-corrected chi connectivity index (χ1v) is 12.6. The summed E-state index contributed by atoms with van der Waals surface area (Å²) < 4.78 is 11.8. The van der Waals surface area contributed by atoms with Crippen LogP contribution >= 0.6 is 0 Å². The number of amides is 2. The Morgan fingerprint density at radius 2 is 1.64 bits per heavy atom. The van der Waals surface area contributed by atoms with E-state index >= 15 is 0 Å². The molecule has 1 aliphatic heterocycles. The van der Waals surface area contributed by atoms with Gasteiger partial charge < -0.3 is 19.3 Å². The summed E-state index contributed by atoms with van der Waals surface area (Å²) in [5.41, 5.74) is 2.22. The van der Waals surface area contributed by atoms with Crippen LogP contribution in [0.15, 0.2) is 78.9 Å². The van der Waals surface area contributed by atoms with Crippen LogP contribution in [0.5, 0.6) is 11.5 Å². The molecule has 0 aliphatic carbocycles. The predicted octanol–water partition coefficient (Wildman–Crippen LogP) is 5.08. The van der Waals surface area contributed by atoms with Gasteiger partial charge in [0.15, 0.2) is 0 Å². The molecule has 188 valence electrons. The second-order valence-electron chi connectivity index (χ2n) is 8.94. The van der Waals surface area contributed by atoms with Crippen LogP contribution in [-0.4, -0.2) is 61.0 Å². The molecule has 3 aromatic rings. The molecule has 0 fully saturated rings. The molecular formula is C30H34N2O4. The molecule has 0 unspecified atom stereocenters. The van der Waals surface area contributed by atoms with Crippen molar-refractivity contribution < 1.29 is 19.1 Å². The number of rotatable bonds is 5. The van der Waals surface area contributed by atoms with E-state index < -0.39 is 0 Å². The molecule has 0 aromatic heterocycles. The lowest BCUT2D eigenvalue weighted by Crippen LogP contribution is -2.46. The lowest BCUT2D eigenvalue weighted by atomic mass is 10.0. The van der Waals surface area contributed by atoms with E-state index in [2.05, 4.69) is 12.1 Å². The first-order valence-electron chi connectivity index (χ1n) is 12.6. The predicted molar refractivity (Wildman–Crippen MR) is 141 cm³/mol. The zero-order valence-corrected chi connectivity index (χ0v) is 21.1. The van der Waals surface area contributed by atoms with E-state index in [9.17, 15) is 9.59 Å². The maximum Gasteiger partial charge on any atom is 0.257 e. The molecule has 0 radical (unpaired) electrons. The number of para-hydroxylation sites is 2. The van der Waals surface area contributed by atoms with Gasteiger partial charge in [0.05, 0.1) is 24.3 Å². The molecule has 0 spiro atoms. The normalized spacial score (nSPS) is 16.8. The molecule has 1 heterocycles. The Balaban J connectivity index is 1.72. The summed E-state index contributed by atoms with van der Waals surface area (Å²) in [5, 5.41) is 0. The van der Waals surface area contributed by atoms with E-state index in [1.165, 1.54) is 0 Å². The summed E-state index contributed by atoms with van der Waals surface area (Å²) in [6.07, 6.45) is 2.22. The lowest BCUT2D eigenvalue weighted by molar-refractivity contribution is 0.0583. The van der Waals surface area contributed by atoms with Crippen LogP contribution in [-0.2, 0) is 6.42 Å². The molecule has 4 rings (SSSR count). The summed E-state index contributed by atoms with van der Waals surface area (Å²) >= 11 is 0. The summed E-state index contributed by atoms with van der Waals surface area (Å²) in [4.78, 5) is 31.0. The summed E-state index contributed by atoms with van der Waals surface area (Å²) in [5.74, 6) is 1.01. The third-order valence-electron chi connectivity index (χ3n) is 6.65. The molecule has 0 bridgehead atoms. The number of benzene rings is 3. The van der Waals surface area contributed by atoms with Gasteiger partial charge in [-0.15, -0.1) is 0 Å². The maximum atomic E-state index is 13.9. The number of hydrogen-bond acceptors (Lipinski definition) is 4. The van der Waals surface area contributed by atoms with Crippen LogP contribution in [0.1, 0.15) is 46.0 Å². The standard InChI is InChI=1S/C30H34N2O4/c1-3-31-19-11-12-20-32(30(34)25-15-7-9-17-27(25)35-2)24(21-23-13-5-4-6-14-23)22-36-28-18-10-8-16-26(28)29(31)33/h4-10,13-18,24H,3,11-12,19-22H2,1-2H3/t24-/m1/s1. The van der Waals surface area contributed by atoms with Gasteiger partial charge >= 0.3 is 0 Å². The third kappa shape index (κ3) is 5.88. The summed E-state index contributed by atoms with van der Waals surface area (Å²) in [7, 11) is 1.58. The third-order valence-corrected chi connectivity index (χ3v) is 6.65. The van der Waals surface area contributed by atoms with Gasteiger partial charge in [0.1, 0.15) is 18.1 Å². The molecule has 6 nitrogen and oxygen atoms in total. The van der Waals surface area contributed by atoms with Crippen molar-refractivity contribution in [3.63, 3.8) is 0 Å². The molecule has 6 heteroatoms. The van der Waals surface area contributed by atoms with Gasteiger partial charge in [-0.25, -0.2) is 0 Å². The maximum absolute atomic E-state index is 13.9. The van der Waals surface area contributed by atoms with E-state index in [1.54, 1.807) is 7.11 Å². The number of carbonyl (C=O) groups is 2. The Morgan fingerprint density at radius 3 is 2.42 bits per heavy atom. The Bertz CT molecular complexity index is 1160. The van der Waals surface area contributed by atoms with Crippen molar-refractivity contribution >= 4 is 11.8 Å². The molecule has 3 aromatic carbocycles. The number of ether oxygens (including phenoxy) is 2. The highest BCUT2D eigenvalue weighted by atomic mass is 16.5. The van der Waals surface area contributed by atoms with Crippen LogP contribution < -0.4 is 9.47 Å². The van der Waals surface area contributed by atoms with Crippen molar-refractivity contribution in [2.75, 3.05) is 33.4 Å². The second kappa shape index (κ2) is 12.2. The van der Waals surface area contributed by atoms with Crippen LogP contribution in [0.25, 0.3) is 0 Å². The van der Waals surface area contributed by atoms with Crippen molar-refractivity contribution in [2.24, 2.45) is 0 Å².